The summed E-state index contributed by atoms with van der Waals surface area (Å²) in [7, 11) is 1.58. The Hall–Kier alpha value is -1.91. The van der Waals surface area contributed by atoms with Crippen LogP contribution in [0.5, 0.6) is 0 Å². The zero-order valence-corrected chi connectivity index (χ0v) is 11.6. The Morgan fingerprint density at radius 1 is 1.42 bits per heavy atom. The van der Waals surface area contributed by atoms with Crippen LogP contribution in [0.2, 0.25) is 0 Å². The van der Waals surface area contributed by atoms with Crippen molar-refractivity contribution in [3.05, 3.63) is 24.0 Å². The molecule has 0 spiro atoms. The molecule has 0 fully saturated rings. The van der Waals surface area contributed by atoms with E-state index in [4.69, 9.17) is 0 Å². The fraction of sp³-hybridized carbons (Fsp3) is 0.500. The SMILES string of the molecule is CNC(=O)C(CCC=O)Nc1ccc(C(C)C)nc1. The van der Waals surface area contributed by atoms with Crippen molar-refractivity contribution in [2.75, 3.05) is 12.4 Å². The van der Waals surface area contributed by atoms with Gasteiger partial charge in [0.2, 0.25) is 5.91 Å². The van der Waals surface area contributed by atoms with Crippen molar-refractivity contribution in [3.8, 4) is 0 Å². The number of hydrogen-bond acceptors (Lipinski definition) is 4. The summed E-state index contributed by atoms with van der Waals surface area (Å²) >= 11 is 0. The Balaban J connectivity index is 2.72. The molecule has 0 radical (unpaired) electrons. The van der Waals surface area contributed by atoms with Crippen LogP contribution in [0.15, 0.2) is 18.3 Å². The Bertz CT molecular complexity index is 415. The van der Waals surface area contributed by atoms with Gasteiger partial charge in [0.1, 0.15) is 12.3 Å². The maximum atomic E-state index is 11.7. The fourth-order valence-electron chi connectivity index (χ4n) is 1.71. The van der Waals surface area contributed by atoms with Crippen LogP contribution in [0.25, 0.3) is 0 Å². The number of pyridine rings is 1. The highest BCUT2D eigenvalue weighted by Gasteiger charge is 2.16. The molecule has 5 nitrogen and oxygen atoms in total. The maximum absolute atomic E-state index is 11.7. The molecule has 2 N–H and O–H groups in total. The lowest BCUT2D eigenvalue weighted by atomic mass is 10.1. The number of aldehydes is 1. The first kappa shape index (κ1) is 15.1. The minimum absolute atomic E-state index is 0.130. The van der Waals surface area contributed by atoms with E-state index in [0.717, 1.165) is 17.7 Å². The third kappa shape index (κ3) is 4.69. The van der Waals surface area contributed by atoms with Gasteiger partial charge in [-0.3, -0.25) is 9.78 Å². The molecule has 1 atom stereocenters. The highest BCUT2D eigenvalue weighted by molar-refractivity contribution is 5.84. The van der Waals surface area contributed by atoms with E-state index in [1.165, 1.54) is 0 Å². The average molecular weight is 263 g/mol. The standard InChI is InChI=1S/C14H21N3O2/c1-10(2)12-7-6-11(9-16-12)17-13(5-4-8-18)14(19)15-3/h6-10,13,17H,4-5H2,1-3H3,(H,15,19). The first-order valence-corrected chi connectivity index (χ1v) is 6.46. The van der Waals surface area contributed by atoms with Crippen molar-refractivity contribution in [1.29, 1.82) is 0 Å². The van der Waals surface area contributed by atoms with Gasteiger partial charge in [-0.2, -0.15) is 0 Å². The number of nitrogens with zero attached hydrogens (tertiary/aromatic N) is 1. The summed E-state index contributed by atoms with van der Waals surface area (Å²) in [6, 6.07) is 3.43. The van der Waals surface area contributed by atoms with Gasteiger partial charge >= 0.3 is 0 Å². The van der Waals surface area contributed by atoms with Crippen molar-refractivity contribution in [2.24, 2.45) is 0 Å². The molecule has 1 aromatic rings. The minimum Gasteiger partial charge on any atom is -0.372 e. The summed E-state index contributed by atoms with van der Waals surface area (Å²) in [5, 5.41) is 5.68. The third-order valence-corrected chi connectivity index (χ3v) is 2.85. The van der Waals surface area contributed by atoms with E-state index in [9.17, 15) is 9.59 Å². The predicted molar refractivity (Wildman–Crippen MR) is 75.1 cm³/mol. The number of amides is 1. The topological polar surface area (TPSA) is 71.1 Å². The van der Waals surface area contributed by atoms with Crippen LogP contribution in [0.4, 0.5) is 5.69 Å². The Morgan fingerprint density at radius 2 is 2.16 bits per heavy atom. The zero-order valence-electron chi connectivity index (χ0n) is 11.6. The molecule has 0 saturated carbocycles. The number of aromatic nitrogens is 1. The summed E-state index contributed by atoms with van der Waals surface area (Å²) in [6.07, 6.45) is 3.35. The van der Waals surface area contributed by atoms with Gasteiger partial charge in [0, 0.05) is 19.2 Å². The maximum Gasteiger partial charge on any atom is 0.242 e. The van der Waals surface area contributed by atoms with Crippen molar-refractivity contribution < 1.29 is 9.59 Å². The number of carbonyl (C=O) groups is 2. The molecular formula is C14H21N3O2. The summed E-state index contributed by atoms with van der Waals surface area (Å²) in [6.45, 7) is 4.15. The van der Waals surface area contributed by atoms with Gasteiger partial charge in [0.25, 0.3) is 0 Å². The fourth-order valence-corrected chi connectivity index (χ4v) is 1.71. The summed E-state index contributed by atoms with van der Waals surface area (Å²) < 4.78 is 0. The number of hydrogen-bond donors (Lipinski definition) is 2. The van der Waals surface area contributed by atoms with E-state index < -0.39 is 6.04 Å². The van der Waals surface area contributed by atoms with Crippen LogP contribution in [0, 0.1) is 0 Å². The first-order valence-electron chi connectivity index (χ1n) is 6.46. The molecule has 1 rings (SSSR count). The van der Waals surface area contributed by atoms with Crippen LogP contribution in [0.1, 0.15) is 38.3 Å². The highest BCUT2D eigenvalue weighted by atomic mass is 16.2. The molecule has 0 aliphatic carbocycles. The Morgan fingerprint density at radius 3 is 2.63 bits per heavy atom. The number of rotatable bonds is 7. The van der Waals surface area contributed by atoms with E-state index in [1.54, 1.807) is 13.2 Å². The van der Waals surface area contributed by atoms with Gasteiger partial charge in [0.05, 0.1) is 11.9 Å². The third-order valence-electron chi connectivity index (χ3n) is 2.85. The Labute approximate surface area is 113 Å². The van der Waals surface area contributed by atoms with E-state index in [2.05, 4.69) is 29.5 Å². The molecule has 0 aliphatic heterocycles. The van der Waals surface area contributed by atoms with E-state index in [-0.39, 0.29) is 5.91 Å². The molecule has 0 aromatic carbocycles. The van der Waals surface area contributed by atoms with Crippen LogP contribution in [-0.4, -0.2) is 30.3 Å². The van der Waals surface area contributed by atoms with Crippen LogP contribution in [-0.2, 0) is 9.59 Å². The zero-order chi connectivity index (χ0) is 14.3. The summed E-state index contributed by atoms with van der Waals surface area (Å²) in [4.78, 5) is 26.4. The molecule has 104 valence electrons. The van der Waals surface area contributed by atoms with Gasteiger partial charge < -0.3 is 15.4 Å². The monoisotopic (exact) mass is 263 g/mol. The first-order chi connectivity index (χ1) is 9.08. The van der Waals surface area contributed by atoms with E-state index in [0.29, 0.717) is 18.8 Å². The molecule has 0 bridgehead atoms. The molecular weight excluding hydrogens is 242 g/mol. The molecule has 0 saturated heterocycles. The second-order valence-electron chi connectivity index (χ2n) is 4.68. The lowest BCUT2D eigenvalue weighted by Crippen LogP contribution is -2.37. The molecule has 5 heteroatoms. The van der Waals surface area contributed by atoms with Crippen LogP contribution >= 0.6 is 0 Å². The lowest BCUT2D eigenvalue weighted by Gasteiger charge is -2.17. The average Bonchev–Trinajstić information content (AvgIpc) is 2.43. The summed E-state index contributed by atoms with van der Waals surface area (Å²) in [5.74, 6) is 0.244. The normalized spacial score (nSPS) is 12.0. The second kappa shape index (κ2) is 7.51. The smallest absolute Gasteiger partial charge is 0.242 e. The van der Waals surface area contributed by atoms with Gasteiger partial charge in [-0.05, 0) is 24.5 Å². The number of carbonyl (C=O) groups excluding carboxylic acids is 2. The molecule has 1 heterocycles. The number of anilines is 1. The van der Waals surface area contributed by atoms with Crippen molar-refractivity contribution >= 4 is 17.9 Å². The van der Waals surface area contributed by atoms with E-state index in [1.807, 2.05) is 12.1 Å². The van der Waals surface area contributed by atoms with Gasteiger partial charge in [-0.25, -0.2) is 0 Å². The summed E-state index contributed by atoms with van der Waals surface area (Å²) in [5.41, 5.74) is 1.79. The largest absolute Gasteiger partial charge is 0.372 e. The van der Waals surface area contributed by atoms with Crippen molar-refractivity contribution in [1.82, 2.24) is 10.3 Å². The highest BCUT2D eigenvalue weighted by Crippen LogP contribution is 2.15. The number of likely N-dealkylation sites (N-methyl/N-ethyl adjacent to an activating group) is 1. The van der Waals surface area contributed by atoms with Gasteiger partial charge in [-0.15, -0.1) is 0 Å². The van der Waals surface area contributed by atoms with Gasteiger partial charge in [-0.1, -0.05) is 13.8 Å². The predicted octanol–water partition coefficient (Wildman–Crippen LogP) is 1.71. The lowest BCUT2D eigenvalue weighted by molar-refractivity contribution is -0.121. The molecule has 1 amide bonds. The molecule has 19 heavy (non-hydrogen) atoms. The van der Waals surface area contributed by atoms with Crippen LogP contribution in [0.3, 0.4) is 0 Å². The molecule has 0 aliphatic rings. The van der Waals surface area contributed by atoms with Crippen molar-refractivity contribution in [2.45, 2.75) is 38.6 Å². The molecule has 1 unspecified atom stereocenters. The Kier molecular flexibility index (Phi) is 5.99. The van der Waals surface area contributed by atoms with E-state index >= 15 is 0 Å². The van der Waals surface area contributed by atoms with Gasteiger partial charge in [0.15, 0.2) is 0 Å². The quantitative estimate of drug-likeness (QED) is 0.735. The second-order valence-corrected chi connectivity index (χ2v) is 4.68. The van der Waals surface area contributed by atoms with Crippen LogP contribution < -0.4 is 10.6 Å². The van der Waals surface area contributed by atoms with Crippen molar-refractivity contribution in [3.63, 3.8) is 0 Å². The molecule has 1 aromatic heterocycles. The minimum atomic E-state index is -0.415. The number of nitrogens with one attached hydrogen (secondary N) is 2.